The van der Waals surface area contributed by atoms with E-state index in [-0.39, 0.29) is 5.91 Å². The molecule has 0 radical (unpaired) electrons. The number of hydrogen-bond donors (Lipinski definition) is 0. The van der Waals surface area contributed by atoms with E-state index >= 15 is 0 Å². The second-order valence-electron chi connectivity index (χ2n) is 6.05. The molecule has 1 amide bonds. The minimum absolute atomic E-state index is 0.0368. The number of benzene rings is 1. The van der Waals surface area contributed by atoms with Crippen LogP contribution in [0, 0.1) is 5.92 Å². The van der Waals surface area contributed by atoms with Crippen molar-refractivity contribution in [2.24, 2.45) is 5.92 Å². The second-order valence-corrected chi connectivity index (χ2v) is 6.05. The van der Waals surface area contributed by atoms with E-state index in [0.717, 1.165) is 12.0 Å². The van der Waals surface area contributed by atoms with Crippen LogP contribution < -0.4 is 9.47 Å². The molecule has 0 N–H and O–H groups in total. The van der Waals surface area contributed by atoms with Crippen molar-refractivity contribution in [1.29, 1.82) is 0 Å². The lowest BCUT2D eigenvalue weighted by Crippen LogP contribution is -2.26. The average molecular weight is 335 g/mol. The molecule has 134 valence electrons. The molecule has 24 heavy (non-hydrogen) atoms. The second kappa shape index (κ2) is 10.7. The van der Waals surface area contributed by atoms with Crippen LogP contribution in [0.5, 0.6) is 11.5 Å². The molecule has 0 spiro atoms. The minimum atomic E-state index is -0.0368. The Kier molecular flexibility index (Phi) is 8.94. The normalized spacial score (nSPS) is 11.1. The number of rotatable bonds is 10. The highest BCUT2D eigenvalue weighted by molar-refractivity contribution is 5.91. The molecule has 0 bridgehead atoms. The van der Waals surface area contributed by atoms with E-state index in [1.165, 1.54) is 0 Å². The van der Waals surface area contributed by atoms with Crippen LogP contribution in [0.1, 0.15) is 25.8 Å². The summed E-state index contributed by atoms with van der Waals surface area (Å²) < 4.78 is 16.1. The van der Waals surface area contributed by atoms with E-state index in [1.807, 2.05) is 18.2 Å². The van der Waals surface area contributed by atoms with E-state index in [4.69, 9.17) is 14.2 Å². The summed E-state index contributed by atoms with van der Waals surface area (Å²) in [6, 6.07) is 5.64. The van der Waals surface area contributed by atoms with E-state index in [2.05, 4.69) is 13.8 Å². The summed E-state index contributed by atoms with van der Waals surface area (Å²) in [7, 11) is 5.05. The molecule has 0 saturated carbocycles. The van der Waals surface area contributed by atoms with Crippen LogP contribution in [0.4, 0.5) is 0 Å². The van der Waals surface area contributed by atoms with Crippen LogP contribution in [0.15, 0.2) is 24.3 Å². The third kappa shape index (κ3) is 7.04. The average Bonchev–Trinajstić information content (AvgIpc) is 2.57. The summed E-state index contributed by atoms with van der Waals surface area (Å²) in [5.74, 6) is 1.79. The summed E-state index contributed by atoms with van der Waals surface area (Å²) in [6.07, 6.45) is 4.17. The van der Waals surface area contributed by atoms with Gasteiger partial charge in [-0.2, -0.15) is 0 Å². The predicted octanol–water partition coefficient (Wildman–Crippen LogP) is 3.24. The van der Waals surface area contributed by atoms with Crippen LogP contribution in [0.2, 0.25) is 0 Å². The van der Waals surface area contributed by atoms with Crippen molar-refractivity contribution in [3.05, 3.63) is 29.8 Å². The standard InChI is InChI=1S/C19H29NO4/c1-15(2)14-24-17-9-7-16(13-18(17)23-5)8-10-19(21)20(3)11-6-12-22-4/h7-10,13,15H,6,11-12,14H2,1-5H3/b10-8+. The fraction of sp³-hybridized carbons (Fsp3) is 0.526. The zero-order valence-corrected chi connectivity index (χ0v) is 15.4. The molecule has 1 aromatic rings. The Hall–Kier alpha value is -2.01. The number of hydrogen-bond acceptors (Lipinski definition) is 4. The minimum Gasteiger partial charge on any atom is -0.493 e. The predicted molar refractivity (Wildman–Crippen MR) is 96.5 cm³/mol. The monoisotopic (exact) mass is 335 g/mol. The molecule has 0 aliphatic rings. The van der Waals surface area contributed by atoms with Crippen LogP contribution in [-0.4, -0.2) is 51.8 Å². The van der Waals surface area contributed by atoms with Gasteiger partial charge in [0.25, 0.3) is 0 Å². The zero-order valence-electron chi connectivity index (χ0n) is 15.4. The summed E-state index contributed by atoms with van der Waals surface area (Å²) in [6.45, 7) is 6.14. The molecule has 0 saturated heterocycles. The molecular weight excluding hydrogens is 306 g/mol. The molecule has 0 aliphatic carbocycles. The van der Waals surface area contributed by atoms with Gasteiger partial charge in [0.2, 0.25) is 5.91 Å². The first-order chi connectivity index (χ1) is 11.5. The van der Waals surface area contributed by atoms with E-state index in [1.54, 1.807) is 38.3 Å². The highest BCUT2D eigenvalue weighted by Crippen LogP contribution is 2.29. The van der Waals surface area contributed by atoms with Crippen LogP contribution in [-0.2, 0) is 9.53 Å². The van der Waals surface area contributed by atoms with Crippen molar-refractivity contribution >= 4 is 12.0 Å². The molecule has 0 fully saturated rings. The van der Waals surface area contributed by atoms with Gasteiger partial charge in [0, 0.05) is 33.4 Å². The first kappa shape index (κ1) is 20.0. The number of likely N-dealkylation sites (N-methyl/N-ethyl adjacent to an activating group) is 1. The van der Waals surface area contributed by atoms with Gasteiger partial charge in [-0.05, 0) is 36.1 Å². The molecule has 0 atom stereocenters. The third-order valence-electron chi connectivity index (χ3n) is 3.40. The van der Waals surface area contributed by atoms with Gasteiger partial charge in [-0.25, -0.2) is 0 Å². The molecule has 0 heterocycles. The fourth-order valence-corrected chi connectivity index (χ4v) is 2.01. The largest absolute Gasteiger partial charge is 0.493 e. The highest BCUT2D eigenvalue weighted by Gasteiger charge is 2.07. The molecule has 0 aliphatic heterocycles. The summed E-state index contributed by atoms with van der Waals surface area (Å²) in [5, 5.41) is 0. The van der Waals surface area contributed by atoms with Gasteiger partial charge in [0.1, 0.15) is 0 Å². The molecular formula is C19H29NO4. The Morgan fingerprint density at radius 1 is 1.25 bits per heavy atom. The van der Waals surface area contributed by atoms with Gasteiger partial charge in [0.15, 0.2) is 11.5 Å². The molecule has 5 heteroatoms. The lowest BCUT2D eigenvalue weighted by Gasteiger charge is -2.14. The van der Waals surface area contributed by atoms with Gasteiger partial charge in [0.05, 0.1) is 13.7 Å². The molecule has 0 unspecified atom stereocenters. The van der Waals surface area contributed by atoms with Gasteiger partial charge in [-0.15, -0.1) is 0 Å². The van der Waals surface area contributed by atoms with Gasteiger partial charge in [-0.1, -0.05) is 19.9 Å². The van der Waals surface area contributed by atoms with Gasteiger partial charge >= 0.3 is 0 Å². The van der Waals surface area contributed by atoms with E-state index in [9.17, 15) is 4.79 Å². The van der Waals surface area contributed by atoms with Crippen LogP contribution in [0.3, 0.4) is 0 Å². The number of methoxy groups -OCH3 is 2. The number of amides is 1. The van der Waals surface area contributed by atoms with Crippen LogP contribution >= 0.6 is 0 Å². The van der Waals surface area contributed by atoms with E-state index in [0.29, 0.717) is 37.2 Å². The van der Waals surface area contributed by atoms with Gasteiger partial charge in [-0.3, -0.25) is 4.79 Å². The smallest absolute Gasteiger partial charge is 0.246 e. The quantitative estimate of drug-likeness (QED) is 0.486. The molecule has 1 aromatic carbocycles. The van der Waals surface area contributed by atoms with Crippen molar-refractivity contribution in [3.63, 3.8) is 0 Å². The Balaban J connectivity index is 2.68. The van der Waals surface area contributed by atoms with Crippen molar-refractivity contribution in [1.82, 2.24) is 4.90 Å². The molecule has 1 rings (SSSR count). The van der Waals surface area contributed by atoms with Crippen molar-refractivity contribution < 1.29 is 19.0 Å². The zero-order chi connectivity index (χ0) is 17.9. The third-order valence-corrected chi connectivity index (χ3v) is 3.40. The number of carbonyl (C=O) groups excluding carboxylic acids is 1. The first-order valence-corrected chi connectivity index (χ1v) is 8.20. The highest BCUT2D eigenvalue weighted by atomic mass is 16.5. The van der Waals surface area contributed by atoms with Crippen molar-refractivity contribution in [2.75, 3.05) is 41.0 Å². The molecule has 5 nitrogen and oxygen atoms in total. The summed E-state index contributed by atoms with van der Waals surface area (Å²) >= 11 is 0. The topological polar surface area (TPSA) is 48.0 Å². The molecule has 0 aromatic heterocycles. The SMILES string of the molecule is COCCCN(C)C(=O)/C=C/c1ccc(OCC(C)C)c(OC)c1. The summed E-state index contributed by atoms with van der Waals surface area (Å²) in [4.78, 5) is 13.7. The maximum absolute atomic E-state index is 12.1. The Bertz CT molecular complexity index is 540. The van der Waals surface area contributed by atoms with E-state index < -0.39 is 0 Å². The van der Waals surface area contributed by atoms with Crippen molar-refractivity contribution in [2.45, 2.75) is 20.3 Å². The Morgan fingerprint density at radius 2 is 2.00 bits per heavy atom. The lowest BCUT2D eigenvalue weighted by atomic mass is 10.2. The number of carbonyl (C=O) groups is 1. The fourth-order valence-electron chi connectivity index (χ4n) is 2.01. The lowest BCUT2D eigenvalue weighted by molar-refractivity contribution is -0.124. The summed E-state index contributed by atoms with van der Waals surface area (Å²) in [5.41, 5.74) is 0.891. The maximum atomic E-state index is 12.1. The number of nitrogens with zero attached hydrogens (tertiary/aromatic N) is 1. The van der Waals surface area contributed by atoms with Crippen molar-refractivity contribution in [3.8, 4) is 11.5 Å². The van der Waals surface area contributed by atoms with Crippen LogP contribution in [0.25, 0.3) is 6.08 Å². The maximum Gasteiger partial charge on any atom is 0.246 e. The first-order valence-electron chi connectivity index (χ1n) is 8.20. The number of ether oxygens (including phenoxy) is 3. The Morgan fingerprint density at radius 3 is 2.62 bits per heavy atom. The Labute approximate surface area is 145 Å². The van der Waals surface area contributed by atoms with Gasteiger partial charge < -0.3 is 19.1 Å².